The van der Waals surface area contributed by atoms with Gasteiger partial charge in [0.25, 0.3) is 0 Å². The van der Waals surface area contributed by atoms with E-state index in [0.29, 0.717) is 17.0 Å². The van der Waals surface area contributed by atoms with Gasteiger partial charge in [-0.3, -0.25) is 0 Å². The van der Waals surface area contributed by atoms with Crippen molar-refractivity contribution in [2.75, 3.05) is 7.11 Å². The predicted molar refractivity (Wildman–Crippen MR) is 76.9 cm³/mol. The summed E-state index contributed by atoms with van der Waals surface area (Å²) in [5.74, 6) is 0.271. The maximum Gasteiger partial charge on any atom is 0.427 e. The first kappa shape index (κ1) is 16.5. The Bertz CT molecular complexity index is 738. The molecule has 0 aliphatic carbocycles. The molecule has 1 aromatic carbocycles. The number of carbonyl (C=O) groups excluding carboxylic acids is 1. The van der Waals surface area contributed by atoms with Gasteiger partial charge in [-0.15, -0.1) is 0 Å². The molecule has 23 heavy (non-hydrogen) atoms. The molecule has 0 saturated heterocycles. The highest BCUT2D eigenvalue weighted by Crippen LogP contribution is 2.31. The summed E-state index contributed by atoms with van der Waals surface area (Å²) < 4.78 is 42.6. The van der Waals surface area contributed by atoms with Crippen LogP contribution in [0.4, 0.5) is 18.0 Å². The molecule has 0 aliphatic heterocycles. The average Bonchev–Trinajstić information content (AvgIpc) is 2.87. The molecule has 9 heteroatoms. The Labute approximate surface area is 129 Å². The molecule has 0 bridgehead atoms. The van der Waals surface area contributed by atoms with Crippen LogP contribution in [0.1, 0.15) is 17.0 Å². The normalized spacial score (nSPS) is 11.7. The van der Waals surface area contributed by atoms with Crippen LogP contribution < -0.4 is 5.43 Å². The second kappa shape index (κ2) is 6.51. The monoisotopic (exact) mass is 326 g/mol. The second-order valence-corrected chi connectivity index (χ2v) is 4.54. The zero-order chi connectivity index (χ0) is 17.0. The minimum absolute atomic E-state index is 0.271. The number of aryl methyl sites for hydroxylation is 1. The van der Waals surface area contributed by atoms with Crippen LogP contribution >= 0.6 is 0 Å². The summed E-state index contributed by atoms with van der Waals surface area (Å²) >= 11 is 0. The fraction of sp³-hybridized carbons (Fsp3) is 0.214. The number of alkyl halides is 3. The Morgan fingerprint density at radius 1 is 1.43 bits per heavy atom. The average molecular weight is 326 g/mol. The van der Waals surface area contributed by atoms with Gasteiger partial charge < -0.3 is 9.72 Å². The zero-order valence-corrected chi connectivity index (χ0v) is 12.2. The predicted octanol–water partition coefficient (Wildman–Crippen LogP) is 3.09. The van der Waals surface area contributed by atoms with Gasteiger partial charge >= 0.3 is 12.3 Å². The van der Waals surface area contributed by atoms with Gasteiger partial charge in [0.2, 0.25) is 0 Å². The highest BCUT2D eigenvalue weighted by Gasteiger charge is 2.30. The zero-order valence-electron chi connectivity index (χ0n) is 12.2. The van der Waals surface area contributed by atoms with Crippen molar-refractivity contribution in [1.82, 2.24) is 15.4 Å². The lowest BCUT2D eigenvalue weighted by molar-refractivity contribution is -0.137. The molecule has 0 aliphatic rings. The molecule has 2 aromatic rings. The lowest BCUT2D eigenvalue weighted by Gasteiger charge is -2.07. The Morgan fingerprint density at radius 2 is 2.17 bits per heavy atom. The van der Waals surface area contributed by atoms with Gasteiger partial charge in [0.05, 0.1) is 18.9 Å². The van der Waals surface area contributed by atoms with E-state index in [-0.39, 0.29) is 5.82 Å². The quantitative estimate of drug-likeness (QED) is 0.672. The van der Waals surface area contributed by atoms with E-state index in [1.54, 1.807) is 6.92 Å². The molecule has 2 N–H and O–H groups in total. The van der Waals surface area contributed by atoms with E-state index in [1.165, 1.54) is 25.5 Å². The fourth-order valence-electron chi connectivity index (χ4n) is 1.77. The number of hydrazone groups is 1. The number of benzene rings is 1. The second-order valence-electron chi connectivity index (χ2n) is 4.54. The first-order chi connectivity index (χ1) is 10.8. The molecule has 0 spiro atoms. The number of amides is 1. The van der Waals surface area contributed by atoms with Crippen molar-refractivity contribution in [3.63, 3.8) is 0 Å². The number of nitrogens with zero attached hydrogens (tertiary/aromatic N) is 2. The topological polar surface area (TPSA) is 79.4 Å². The molecule has 0 fully saturated rings. The number of nitrogens with one attached hydrogen (secondary N) is 2. The first-order valence-electron chi connectivity index (χ1n) is 6.42. The Morgan fingerprint density at radius 3 is 2.83 bits per heavy atom. The van der Waals surface area contributed by atoms with E-state index >= 15 is 0 Å². The van der Waals surface area contributed by atoms with E-state index in [4.69, 9.17) is 0 Å². The van der Waals surface area contributed by atoms with Crippen LogP contribution in [0.15, 0.2) is 29.4 Å². The van der Waals surface area contributed by atoms with E-state index < -0.39 is 17.8 Å². The van der Waals surface area contributed by atoms with Crippen molar-refractivity contribution in [3.05, 3.63) is 41.2 Å². The van der Waals surface area contributed by atoms with Gasteiger partial charge in [-0.25, -0.2) is 15.2 Å². The molecule has 122 valence electrons. The third kappa shape index (κ3) is 4.09. The SMILES string of the molecule is COC(=O)N/N=C\c1nc(-c2cccc(C(F)(F)F)c2)[nH]c1C. The van der Waals surface area contributed by atoms with Crippen molar-refractivity contribution < 1.29 is 22.7 Å². The molecular formula is C14H13F3N4O2. The highest BCUT2D eigenvalue weighted by atomic mass is 19.4. The molecule has 6 nitrogen and oxygen atoms in total. The molecule has 0 radical (unpaired) electrons. The summed E-state index contributed by atoms with van der Waals surface area (Å²) in [6.45, 7) is 1.68. The number of aromatic nitrogens is 2. The van der Waals surface area contributed by atoms with E-state index in [9.17, 15) is 18.0 Å². The number of aromatic amines is 1. The standard InChI is InChI=1S/C14H13F3N4O2/c1-8-11(7-18-21-13(22)23-2)20-12(19-8)9-4-3-5-10(6-9)14(15,16)17/h3-7H,1-2H3,(H,19,20)(H,21,22)/b18-7-. The lowest BCUT2D eigenvalue weighted by Crippen LogP contribution is -2.16. The van der Waals surface area contributed by atoms with Crippen molar-refractivity contribution >= 4 is 12.3 Å². The van der Waals surface area contributed by atoms with Gasteiger partial charge in [0, 0.05) is 11.3 Å². The number of methoxy groups -OCH3 is 1. The lowest BCUT2D eigenvalue weighted by atomic mass is 10.1. The van der Waals surface area contributed by atoms with E-state index in [0.717, 1.165) is 12.1 Å². The molecule has 2 rings (SSSR count). The fourth-order valence-corrected chi connectivity index (χ4v) is 1.77. The van der Waals surface area contributed by atoms with E-state index in [1.807, 2.05) is 0 Å². The minimum Gasteiger partial charge on any atom is -0.452 e. The maximum absolute atomic E-state index is 12.7. The smallest absolute Gasteiger partial charge is 0.427 e. The molecule has 1 heterocycles. The summed E-state index contributed by atoms with van der Waals surface area (Å²) in [7, 11) is 1.19. The molecule has 0 unspecified atom stereocenters. The number of hydrogen-bond acceptors (Lipinski definition) is 4. The van der Waals surface area contributed by atoms with Gasteiger partial charge in [-0.2, -0.15) is 18.3 Å². The third-order valence-electron chi connectivity index (χ3n) is 2.91. The number of rotatable bonds is 3. The van der Waals surface area contributed by atoms with E-state index in [2.05, 4.69) is 25.2 Å². The number of halogens is 3. The molecule has 0 atom stereocenters. The summed E-state index contributed by atoms with van der Waals surface area (Å²) in [6, 6.07) is 4.82. The summed E-state index contributed by atoms with van der Waals surface area (Å²) in [4.78, 5) is 17.9. The molecule has 0 saturated carbocycles. The highest BCUT2D eigenvalue weighted by molar-refractivity contribution is 5.81. The first-order valence-corrected chi connectivity index (χ1v) is 6.42. The molecule has 1 amide bonds. The van der Waals surface area contributed by atoms with Crippen LogP contribution in [-0.4, -0.2) is 29.4 Å². The van der Waals surface area contributed by atoms with Crippen LogP contribution in [0, 0.1) is 6.92 Å². The third-order valence-corrected chi connectivity index (χ3v) is 2.91. The van der Waals surface area contributed by atoms with Crippen LogP contribution in [-0.2, 0) is 10.9 Å². The molecule has 1 aromatic heterocycles. The van der Waals surface area contributed by atoms with Gasteiger partial charge in [-0.05, 0) is 19.1 Å². The van der Waals surface area contributed by atoms with Crippen molar-refractivity contribution in [3.8, 4) is 11.4 Å². The number of imidazole rings is 1. The number of ether oxygens (including phenoxy) is 1. The van der Waals surface area contributed by atoms with Crippen molar-refractivity contribution in [1.29, 1.82) is 0 Å². The number of H-pyrrole nitrogens is 1. The van der Waals surface area contributed by atoms with Crippen molar-refractivity contribution in [2.24, 2.45) is 5.10 Å². The summed E-state index contributed by atoms with van der Waals surface area (Å²) in [6.07, 6.45) is -3.90. The maximum atomic E-state index is 12.7. The molecular weight excluding hydrogens is 313 g/mol. The summed E-state index contributed by atoms with van der Waals surface area (Å²) in [5, 5.41) is 3.62. The largest absolute Gasteiger partial charge is 0.452 e. The number of carbonyl (C=O) groups is 1. The van der Waals surface area contributed by atoms with Crippen LogP contribution in [0.5, 0.6) is 0 Å². The van der Waals surface area contributed by atoms with Gasteiger partial charge in [0.15, 0.2) is 0 Å². The Balaban J connectivity index is 2.26. The number of hydrogen-bond donors (Lipinski definition) is 2. The van der Waals surface area contributed by atoms with Crippen molar-refractivity contribution in [2.45, 2.75) is 13.1 Å². The minimum atomic E-state index is -4.42. The van der Waals surface area contributed by atoms with Gasteiger partial charge in [-0.1, -0.05) is 12.1 Å². The van der Waals surface area contributed by atoms with Crippen LogP contribution in [0.2, 0.25) is 0 Å². The van der Waals surface area contributed by atoms with Gasteiger partial charge in [0.1, 0.15) is 11.5 Å². The Hall–Kier alpha value is -2.84. The Kier molecular flexibility index (Phi) is 4.68. The summed E-state index contributed by atoms with van der Waals surface area (Å²) in [5.41, 5.74) is 2.60. The van der Waals surface area contributed by atoms with Crippen LogP contribution in [0.3, 0.4) is 0 Å². The van der Waals surface area contributed by atoms with Crippen LogP contribution in [0.25, 0.3) is 11.4 Å².